The standard InChI is InChI=1S/C13H18Cl2N2O3S/c1-17-6-2-3-9(17)7-16-21(19,20)12-5-4-11(14)10(8-18)13(12)15/h4-5,9,16,18H,2-3,6-8H2,1H3. The van der Waals surface area contributed by atoms with Crippen LogP contribution in [0.25, 0.3) is 0 Å². The Kier molecular flexibility index (Phi) is 5.51. The molecule has 1 aromatic carbocycles. The molecule has 1 aliphatic rings. The van der Waals surface area contributed by atoms with E-state index >= 15 is 0 Å². The van der Waals surface area contributed by atoms with Gasteiger partial charge in [-0.15, -0.1) is 0 Å². The van der Waals surface area contributed by atoms with Crippen molar-refractivity contribution in [3.63, 3.8) is 0 Å². The lowest BCUT2D eigenvalue weighted by atomic mass is 10.2. The lowest BCUT2D eigenvalue weighted by Crippen LogP contribution is -2.38. The van der Waals surface area contributed by atoms with E-state index in [2.05, 4.69) is 9.62 Å². The van der Waals surface area contributed by atoms with Crippen LogP contribution in [0.4, 0.5) is 0 Å². The van der Waals surface area contributed by atoms with Crippen LogP contribution in [0.5, 0.6) is 0 Å². The maximum absolute atomic E-state index is 12.4. The molecule has 0 bridgehead atoms. The third-order valence-corrected chi connectivity index (χ3v) is 6.14. The highest BCUT2D eigenvalue weighted by molar-refractivity contribution is 7.89. The molecule has 1 atom stereocenters. The van der Waals surface area contributed by atoms with Gasteiger partial charge in [0, 0.05) is 23.2 Å². The predicted molar refractivity (Wildman–Crippen MR) is 83.2 cm³/mol. The van der Waals surface area contributed by atoms with Crippen LogP contribution in [0.1, 0.15) is 18.4 Å². The van der Waals surface area contributed by atoms with Gasteiger partial charge in [-0.25, -0.2) is 13.1 Å². The Hall–Kier alpha value is -0.370. The summed E-state index contributed by atoms with van der Waals surface area (Å²) in [4.78, 5) is 2.07. The van der Waals surface area contributed by atoms with Crippen molar-refractivity contribution in [2.45, 2.75) is 30.4 Å². The molecule has 1 unspecified atom stereocenters. The SMILES string of the molecule is CN1CCCC1CNS(=O)(=O)c1ccc(Cl)c(CO)c1Cl. The summed E-state index contributed by atoms with van der Waals surface area (Å²) in [6.07, 6.45) is 2.04. The molecule has 0 saturated carbocycles. The maximum Gasteiger partial charge on any atom is 0.242 e. The number of sulfonamides is 1. The molecule has 5 nitrogen and oxygen atoms in total. The van der Waals surface area contributed by atoms with Crippen molar-refractivity contribution in [3.8, 4) is 0 Å². The van der Waals surface area contributed by atoms with Gasteiger partial charge in [0.15, 0.2) is 0 Å². The Balaban J connectivity index is 2.20. The van der Waals surface area contributed by atoms with E-state index in [1.165, 1.54) is 12.1 Å². The molecule has 1 heterocycles. The molecule has 2 N–H and O–H groups in total. The van der Waals surface area contributed by atoms with Gasteiger partial charge in [-0.3, -0.25) is 0 Å². The largest absolute Gasteiger partial charge is 0.392 e. The Morgan fingerprint density at radius 2 is 2.14 bits per heavy atom. The first-order chi connectivity index (χ1) is 9.86. The van der Waals surface area contributed by atoms with Crippen LogP contribution in [0.15, 0.2) is 17.0 Å². The fourth-order valence-electron chi connectivity index (χ4n) is 2.45. The van der Waals surface area contributed by atoms with Crippen molar-refractivity contribution < 1.29 is 13.5 Å². The van der Waals surface area contributed by atoms with Crippen molar-refractivity contribution in [1.82, 2.24) is 9.62 Å². The number of halogens is 2. The molecular formula is C13H18Cl2N2O3S. The van der Waals surface area contributed by atoms with Gasteiger partial charge >= 0.3 is 0 Å². The van der Waals surface area contributed by atoms with Crippen molar-refractivity contribution in [2.75, 3.05) is 20.1 Å². The van der Waals surface area contributed by atoms with Gasteiger partial charge in [-0.05, 0) is 38.6 Å². The van der Waals surface area contributed by atoms with E-state index in [9.17, 15) is 13.5 Å². The average Bonchev–Trinajstić information content (AvgIpc) is 2.82. The van der Waals surface area contributed by atoms with E-state index in [-0.39, 0.29) is 26.5 Å². The number of hydrogen-bond donors (Lipinski definition) is 2. The van der Waals surface area contributed by atoms with Crippen LogP contribution in [0, 0.1) is 0 Å². The molecule has 1 saturated heterocycles. The first kappa shape index (κ1) is 17.0. The van der Waals surface area contributed by atoms with E-state index in [1.54, 1.807) is 0 Å². The third-order valence-electron chi connectivity index (χ3n) is 3.78. The number of benzene rings is 1. The van der Waals surface area contributed by atoms with Crippen LogP contribution in [-0.4, -0.2) is 44.6 Å². The fourth-order valence-corrected chi connectivity index (χ4v) is 4.42. The zero-order valence-corrected chi connectivity index (χ0v) is 14.0. The fraction of sp³-hybridized carbons (Fsp3) is 0.538. The maximum atomic E-state index is 12.4. The van der Waals surface area contributed by atoms with Gasteiger partial charge in [0.05, 0.1) is 11.6 Å². The summed E-state index contributed by atoms with van der Waals surface area (Å²) in [5.41, 5.74) is 0.221. The second kappa shape index (κ2) is 6.81. The molecule has 0 spiro atoms. The minimum absolute atomic E-state index is 0.0303. The number of aliphatic hydroxyl groups excluding tert-OH is 1. The second-order valence-electron chi connectivity index (χ2n) is 5.12. The molecule has 0 radical (unpaired) electrons. The number of hydrogen-bond acceptors (Lipinski definition) is 4. The number of nitrogens with zero attached hydrogens (tertiary/aromatic N) is 1. The first-order valence-electron chi connectivity index (χ1n) is 6.64. The normalized spacial score (nSPS) is 20.1. The smallest absolute Gasteiger partial charge is 0.242 e. The lowest BCUT2D eigenvalue weighted by Gasteiger charge is -2.20. The molecular weight excluding hydrogens is 335 g/mol. The van der Waals surface area contributed by atoms with Gasteiger partial charge in [0.1, 0.15) is 4.90 Å². The minimum Gasteiger partial charge on any atom is -0.392 e. The third kappa shape index (κ3) is 3.70. The van der Waals surface area contributed by atoms with Crippen molar-refractivity contribution in [2.24, 2.45) is 0 Å². The average molecular weight is 353 g/mol. The van der Waals surface area contributed by atoms with E-state index in [1.807, 2.05) is 7.05 Å². The van der Waals surface area contributed by atoms with Crippen LogP contribution in [-0.2, 0) is 16.6 Å². The number of likely N-dealkylation sites (tertiary alicyclic amines) is 1. The van der Waals surface area contributed by atoms with E-state index in [4.69, 9.17) is 23.2 Å². The zero-order valence-electron chi connectivity index (χ0n) is 11.6. The highest BCUT2D eigenvalue weighted by atomic mass is 35.5. The lowest BCUT2D eigenvalue weighted by molar-refractivity contribution is 0.281. The van der Waals surface area contributed by atoms with E-state index in [0.717, 1.165) is 19.4 Å². The van der Waals surface area contributed by atoms with Crippen LogP contribution in [0.2, 0.25) is 10.0 Å². The van der Waals surface area contributed by atoms with Gasteiger partial charge in [0.2, 0.25) is 10.0 Å². The van der Waals surface area contributed by atoms with Crippen molar-refractivity contribution >= 4 is 33.2 Å². The van der Waals surface area contributed by atoms with Crippen molar-refractivity contribution in [1.29, 1.82) is 0 Å². The van der Waals surface area contributed by atoms with E-state index in [0.29, 0.717) is 6.54 Å². The molecule has 0 aromatic heterocycles. The van der Waals surface area contributed by atoms with Crippen LogP contribution >= 0.6 is 23.2 Å². The quantitative estimate of drug-likeness (QED) is 0.848. The zero-order chi connectivity index (χ0) is 15.6. The summed E-state index contributed by atoms with van der Waals surface area (Å²) in [6.45, 7) is 0.904. The predicted octanol–water partition coefficient (Wildman–Crippen LogP) is 1.86. The molecule has 1 fully saturated rings. The molecule has 21 heavy (non-hydrogen) atoms. The summed E-state index contributed by atoms with van der Waals surface area (Å²) < 4.78 is 27.3. The summed E-state index contributed by atoms with van der Waals surface area (Å²) in [5, 5.41) is 9.45. The highest BCUT2D eigenvalue weighted by Crippen LogP contribution is 2.31. The summed E-state index contributed by atoms with van der Waals surface area (Å²) in [7, 11) is -1.75. The molecule has 1 aliphatic heterocycles. The van der Waals surface area contributed by atoms with Crippen molar-refractivity contribution in [3.05, 3.63) is 27.7 Å². The van der Waals surface area contributed by atoms with Gasteiger partial charge in [0.25, 0.3) is 0 Å². The number of rotatable bonds is 5. The van der Waals surface area contributed by atoms with Crippen LogP contribution in [0.3, 0.4) is 0 Å². The highest BCUT2D eigenvalue weighted by Gasteiger charge is 2.25. The topological polar surface area (TPSA) is 69.6 Å². The van der Waals surface area contributed by atoms with Crippen LogP contribution < -0.4 is 4.72 Å². The first-order valence-corrected chi connectivity index (χ1v) is 8.88. The molecule has 0 aliphatic carbocycles. The molecule has 8 heteroatoms. The van der Waals surface area contributed by atoms with E-state index < -0.39 is 16.6 Å². The number of nitrogens with one attached hydrogen (secondary N) is 1. The summed E-state index contributed by atoms with van der Waals surface area (Å²) >= 11 is 11.9. The van der Waals surface area contributed by atoms with Gasteiger partial charge in [-0.2, -0.15) is 0 Å². The summed E-state index contributed by atoms with van der Waals surface area (Å²) in [6, 6.07) is 2.97. The Morgan fingerprint density at radius 3 is 2.71 bits per heavy atom. The Bertz CT molecular complexity index is 622. The number of likely N-dealkylation sites (N-methyl/N-ethyl adjacent to an activating group) is 1. The van der Waals surface area contributed by atoms with Gasteiger partial charge in [-0.1, -0.05) is 23.2 Å². The molecule has 2 rings (SSSR count). The molecule has 0 amide bonds. The Labute approximate surface area is 134 Å². The number of aliphatic hydroxyl groups is 1. The summed E-state index contributed by atoms with van der Waals surface area (Å²) in [5.74, 6) is 0. The van der Waals surface area contributed by atoms with Gasteiger partial charge < -0.3 is 10.0 Å². The monoisotopic (exact) mass is 352 g/mol. The second-order valence-corrected chi connectivity index (χ2v) is 7.65. The minimum atomic E-state index is -3.73. The molecule has 1 aromatic rings. The Morgan fingerprint density at radius 1 is 1.43 bits per heavy atom. The molecule has 118 valence electrons.